The summed E-state index contributed by atoms with van der Waals surface area (Å²) in [5.74, 6) is 3.36. The molecule has 0 radical (unpaired) electrons. The summed E-state index contributed by atoms with van der Waals surface area (Å²) in [4.78, 5) is 0. The Balaban J connectivity index is 1.68. The van der Waals surface area contributed by atoms with Crippen molar-refractivity contribution in [3.05, 3.63) is 11.6 Å². The van der Waals surface area contributed by atoms with E-state index in [1.807, 2.05) is 6.92 Å². The molecule has 0 aliphatic heterocycles. The van der Waals surface area contributed by atoms with Gasteiger partial charge in [-0.1, -0.05) is 43.1 Å². The molecule has 0 spiro atoms. The average molecular weight is 373 g/mol. The average Bonchev–Trinajstić information content (AvgIpc) is 2.99. The minimum Gasteiger partial charge on any atom is -0.411 e. The fourth-order valence-electron chi connectivity index (χ4n) is 8.11. The van der Waals surface area contributed by atoms with E-state index in [0.717, 1.165) is 48.4 Å². The maximum Gasteiger partial charge on any atom is 0.0795 e. The third-order valence-electron chi connectivity index (χ3n) is 9.41. The lowest BCUT2D eigenvalue weighted by Crippen LogP contribution is -2.51. The Labute approximate surface area is 163 Å². The van der Waals surface area contributed by atoms with Crippen LogP contribution in [-0.2, 0) is 0 Å². The quantitative estimate of drug-likeness (QED) is 0.361. The first-order valence-corrected chi connectivity index (χ1v) is 11.0. The third kappa shape index (κ3) is 2.61. The number of fused-ring (bicyclic) bond motifs is 5. The van der Waals surface area contributed by atoms with Gasteiger partial charge in [-0.3, -0.25) is 0 Å². The highest BCUT2D eigenvalue weighted by Crippen LogP contribution is 2.68. The predicted octanol–water partition coefficient (Wildman–Crippen LogP) is 5.88. The van der Waals surface area contributed by atoms with Gasteiger partial charge in [0, 0.05) is 5.92 Å². The van der Waals surface area contributed by atoms with Gasteiger partial charge in [-0.25, -0.2) is 0 Å². The first-order valence-electron chi connectivity index (χ1n) is 11.0. The Kier molecular flexibility index (Phi) is 4.67. The summed E-state index contributed by atoms with van der Waals surface area (Å²) in [6.45, 7) is 9.32. The van der Waals surface area contributed by atoms with Crippen molar-refractivity contribution in [2.45, 2.75) is 79.1 Å². The Morgan fingerprint density at radius 3 is 2.59 bits per heavy atom. The number of nitrogens with zero attached hydrogens (tertiary/aromatic N) is 2. The van der Waals surface area contributed by atoms with E-state index in [4.69, 9.17) is 0 Å². The second kappa shape index (κ2) is 6.63. The lowest BCUT2D eigenvalue weighted by atomic mass is 9.46. The fourth-order valence-corrected chi connectivity index (χ4v) is 8.11. The van der Waals surface area contributed by atoms with Crippen LogP contribution in [0.15, 0.2) is 22.0 Å². The van der Waals surface area contributed by atoms with Gasteiger partial charge in [-0.2, -0.15) is 0 Å². The molecule has 0 heterocycles. The normalized spacial score (nSPS) is 48.6. The van der Waals surface area contributed by atoms with E-state index in [9.17, 15) is 10.4 Å². The van der Waals surface area contributed by atoms with Crippen LogP contribution < -0.4 is 0 Å². The molecule has 0 aromatic carbocycles. The summed E-state index contributed by atoms with van der Waals surface area (Å²) in [5, 5.41) is 25.9. The van der Waals surface area contributed by atoms with Gasteiger partial charge in [-0.15, -0.1) is 0 Å². The van der Waals surface area contributed by atoms with Gasteiger partial charge >= 0.3 is 0 Å². The number of hydrogen-bond acceptors (Lipinski definition) is 4. The fraction of sp³-hybridized carbons (Fsp3) is 0.826. The van der Waals surface area contributed by atoms with Crippen molar-refractivity contribution in [3.63, 3.8) is 0 Å². The van der Waals surface area contributed by atoms with Gasteiger partial charge < -0.3 is 10.4 Å². The minimum atomic E-state index is 0.276. The monoisotopic (exact) mass is 372 g/mol. The SMILES string of the molecule is CC[C@@H]1CC2C3CCC4=CC(=NO)CC[C@]4(C)C3CC[C@]2(C)[C@H]1C(C)=NO. The smallest absolute Gasteiger partial charge is 0.0795 e. The molecule has 4 rings (SSSR count). The molecule has 7 atom stereocenters. The van der Waals surface area contributed by atoms with Crippen molar-refractivity contribution in [1.82, 2.24) is 0 Å². The van der Waals surface area contributed by atoms with E-state index in [2.05, 4.69) is 37.2 Å². The van der Waals surface area contributed by atoms with E-state index in [-0.39, 0.29) is 10.8 Å². The predicted molar refractivity (Wildman–Crippen MR) is 108 cm³/mol. The van der Waals surface area contributed by atoms with Gasteiger partial charge in [0.1, 0.15) is 0 Å². The molecule has 0 bridgehead atoms. The van der Waals surface area contributed by atoms with Crippen LogP contribution in [0.2, 0.25) is 0 Å². The maximum atomic E-state index is 9.54. The first kappa shape index (κ1) is 19.0. The molecule has 3 fully saturated rings. The zero-order valence-electron chi connectivity index (χ0n) is 17.4. The van der Waals surface area contributed by atoms with Crippen molar-refractivity contribution in [3.8, 4) is 0 Å². The zero-order valence-corrected chi connectivity index (χ0v) is 17.4. The van der Waals surface area contributed by atoms with Crippen molar-refractivity contribution in [2.75, 3.05) is 0 Å². The molecule has 4 aliphatic carbocycles. The zero-order chi connectivity index (χ0) is 19.4. The lowest BCUT2D eigenvalue weighted by Gasteiger charge is -2.58. The summed E-state index contributed by atoms with van der Waals surface area (Å²) < 4.78 is 0. The van der Waals surface area contributed by atoms with E-state index >= 15 is 0 Å². The number of allylic oxidation sites excluding steroid dienone is 2. The largest absolute Gasteiger partial charge is 0.411 e. The van der Waals surface area contributed by atoms with Crippen LogP contribution >= 0.6 is 0 Å². The molecular formula is C23H36N2O2. The molecule has 3 unspecified atom stereocenters. The van der Waals surface area contributed by atoms with E-state index < -0.39 is 0 Å². The van der Waals surface area contributed by atoms with Crippen LogP contribution in [0.5, 0.6) is 0 Å². The standard InChI is InChI=1S/C23H36N2O2/c1-5-15-12-20-18-7-6-16-13-17(25-27)8-10-22(16,3)19(18)9-11-23(20,4)21(15)14(2)24-26/h13,15,18-21,26-27H,5-12H2,1-4H3/t15-,18?,19?,20?,21+,22+,23+/m1/s1. The van der Waals surface area contributed by atoms with Crippen LogP contribution in [0.3, 0.4) is 0 Å². The van der Waals surface area contributed by atoms with Gasteiger partial charge in [0.15, 0.2) is 0 Å². The van der Waals surface area contributed by atoms with Crippen molar-refractivity contribution < 1.29 is 10.4 Å². The second-order valence-corrected chi connectivity index (χ2v) is 10.3. The molecule has 27 heavy (non-hydrogen) atoms. The van der Waals surface area contributed by atoms with Crippen LogP contribution in [0.4, 0.5) is 0 Å². The van der Waals surface area contributed by atoms with Crippen LogP contribution in [-0.4, -0.2) is 21.8 Å². The Bertz CT molecular complexity index is 696. The van der Waals surface area contributed by atoms with Crippen molar-refractivity contribution in [2.24, 2.45) is 50.7 Å². The van der Waals surface area contributed by atoms with Crippen LogP contribution in [0.25, 0.3) is 0 Å². The third-order valence-corrected chi connectivity index (χ3v) is 9.41. The van der Waals surface area contributed by atoms with Gasteiger partial charge in [0.25, 0.3) is 0 Å². The molecular weight excluding hydrogens is 336 g/mol. The molecule has 4 heteroatoms. The maximum absolute atomic E-state index is 9.54. The van der Waals surface area contributed by atoms with Crippen LogP contribution in [0, 0.1) is 40.4 Å². The molecule has 0 amide bonds. The van der Waals surface area contributed by atoms with E-state index in [1.54, 1.807) is 0 Å². The number of hydrogen-bond donors (Lipinski definition) is 2. The van der Waals surface area contributed by atoms with Crippen LogP contribution in [0.1, 0.15) is 79.1 Å². The highest BCUT2D eigenvalue weighted by atomic mass is 16.4. The van der Waals surface area contributed by atoms with Crippen molar-refractivity contribution >= 4 is 11.4 Å². The Hall–Kier alpha value is -1.32. The molecule has 4 aliphatic rings. The summed E-state index contributed by atoms with van der Waals surface area (Å²) in [6, 6.07) is 0. The molecule has 4 nitrogen and oxygen atoms in total. The summed E-state index contributed by atoms with van der Waals surface area (Å²) in [5.41, 5.74) is 3.90. The highest BCUT2D eigenvalue weighted by Gasteiger charge is 2.61. The van der Waals surface area contributed by atoms with E-state index in [1.165, 1.54) is 37.7 Å². The topological polar surface area (TPSA) is 65.2 Å². The van der Waals surface area contributed by atoms with E-state index in [0.29, 0.717) is 11.8 Å². The minimum absolute atomic E-state index is 0.276. The molecule has 3 saturated carbocycles. The van der Waals surface area contributed by atoms with Gasteiger partial charge in [-0.05, 0) is 92.4 Å². The molecule has 0 aromatic rings. The van der Waals surface area contributed by atoms with Crippen molar-refractivity contribution in [1.29, 1.82) is 0 Å². The molecule has 0 aromatic heterocycles. The molecule has 150 valence electrons. The molecule has 2 N–H and O–H groups in total. The first-order chi connectivity index (χ1) is 12.9. The number of rotatable bonds is 2. The second-order valence-electron chi connectivity index (χ2n) is 10.3. The summed E-state index contributed by atoms with van der Waals surface area (Å²) >= 11 is 0. The molecule has 0 saturated heterocycles. The summed E-state index contributed by atoms with van der Waals surface area (Å²) in [6.07, 6.45) is 11.6. The lowest BCUT2D eigenvalue weighted by molar-refractivity contribution is -0.0412. The Morgan fingerprint density at radius 2 is 1.93 bits per heavy atom. The summed E-state index contributed by atoms with van der Waals surface area (Å²) in [7, 11) is 0. The Morgan fingerprint density at radius 1 is 1.15 bits per heavy atom. The van der Waals surface area contributed by atoms with Gasteiger partial charge in [0.05, 0.1) is 11.4 Å². The highest BCUT2D eigenvalue weighted by molar-refractivity contribution is 5.96. The number of oxime groups is 2. The van der Waals surface area contributed by atoms with Gasteiger partial charge in [0.2, 0.25) is 0 Å².